The van der Waals surface area contributed by atoms with Crippen molar-refractivity contribution in [3.05, 3.63) is 18.2 Å². The molecule has 19 heavy (non-hydrogen) atoms. The zero-order valence-electron chi connectivity index (χ0n) is 11.3. The second-order valence-electron chi connectivity index (χ2n) is 5.22. The lowest BCUT2D eigenvalue weighted by Gasteiger charge is -2.24. The Morgan fingerprint density at radius 1 is 1.16 bits per heavy atom. The normalized spacial score (nSPS) is 22.0. The minimum absolute atomic E-state index is 0.641. The summed E-state index contributed by atoms with van der Waals surface area (Å²) in [6.45, 7) is 3.46. The molecule has 1 unspecified atom stereocenters. The van der Waals surface area contributed by atoms with E-state index in [0.29, 0.717) is 19.3 Å². The van der Waals surface area contributed by atoms with E-state index in [1.807, 2.05) is 12.1 Å². The summed E-state index contributed by atoms with van der Waals surface area (Å²) in [5.41, 5.74) is 1.11. The van der Waals surface area contributed by atoms with Crippen LogP contribution in [0.15, 0.2) is 18.2 Å². The highest BCUT2D eigenvalue weighted by molar-refractivity contribution is 5.55. The molecular weight excluding hydrogens is 240 g/mol. The number of piperidine rings is 1. The van der Waals surface area contributed by atoms with Gasteiger partial charge in [0.05, 0.1) is 0 Å². The van der Waals surface area contributed by atoms with Crippen LogP contribution < -0.4 is 20.1 Å². The molecule has 1 aromatic carbocycles. The number of nitrogens with one attached hydrogen (secondary N) is 2. The molecule has 1 fully saturated rings. The maximum Gasteiger partial charge on any atom is 0.163 e. The largest absolute Gasteiger partial charge is 0.486 e. The first kappa shape index (κ1) is 12.6. The van der Waals surface area contributed by atoms with E-state index in [1.165, 1.54) is 32.2 Å². The number of anilines is 1. The number of hydrogen-bond donors (Lipinski definition) is 2. The Balaban J connectivity index is 1.49. The summed E-state index contributed by atoms with van der Waals surface area (Å²) in [5.74, 6) is 1.71. The first-order valence-corrected chi connectivity index (χ1v) is 7.29. The molecule has 3 rings (SSSR count). The molecule has 4 nitrogen and oxygen atoms in total. The second kappa shape index (κ2) is 6.15. The van der Waals surface area contributed by atoms with Crippen molar-refractivity contribution in [2.45, 2.75) is 31.7 Å². The maximum absolute atomic E-state index is 5.58. The van der Waals surface area contributed by atoms with Gasteiger partial charge >= 0.3 is 0 Å². The van der Waals surface area contributed by atoms with Crippen LogP contribution in [0.3, 0.4) is 0 Å². The van der Waals surface area contributed by atoms with Crippen LogP contribution in [0.25, 0.3) is 0 Å². The minimum atomic E-state index is 0.641. The Bertz CT molecular complexity index is 417. The van der Waals surface area contributed by atoms with Gasteiger partial charge in [-0.25, -0.2) is 0 Å². The third kappa shape index (κ3) is 3.32. The molecule has 2 heterocycles. The van der Waals surface area contributed by atoms with E-state index in [9.17, 15) is 0 Å². The van der Waals surface area contributed by atoms with Crippen LogP contribution >= 0.6 is 0 Å². The summed E-state index contributed by atoms with van der Waals surface area (Å²) in [6.07, 6.45) is 5.17. The summed E-state index contributed by atoms with van der Waals surface area (Å²) in [5, 5.41) is 7.04. The molecule has 0 saturated carbocycles. The molecule has 104 valence electrons. The van der Waals surface area contributed by atoms with Crippen molar-refractivity contribution in [1.82, 2.24) is 5.32 Å². The van der Waals surface area contributed by atoms with Crippen LogP contribution in [-0.2, 0) is 0 Å². The zero-order valence-corrected chi connectivity index (χ0v) is 11.3. The monoisotopic (exact) mass is 262 g/mol. The fourth-order valence-electron chi connectivity index (χ4n) is 2.71. The Morgan fingerprint density at radius 2 is 2.05 bits per heavy atom. The zero-order chi connectivity index (χ0) is 12.9. The van der Waals surface area contributed by atoms with E-state index in [-0.39, 0.29) is 0 Å². The van der Waals surface area contributed by atoms with Gasteiger partial charge < -0.3 is 20.1 Å². The summed E-state index contributed by atoms with van der Waals surface area (Å²) in [7, 11) is 0. The molecule has 0 bridgehead atoms. The highest BCUT2D eigenvalue weighted by Crippen LogP contribution is 2.32. The highest BCUT2D eigenvalue weighted by atomic mass is 16.6. The quantitative estimate of drug-likeness (QED) is 0.874. The molecule has 0 amide bonds. The van der Waals surface area contributed by atoms with Crippen molar-refractivity contribution in [2.24, 2.45) is 0 Å². The fourth-order valence-corrected chi connectivity index (χ4v) is 2.71. The summed E-state index contributed by atoms with van der Waals surface area (Å²) in [6, 6.07) is 6.75. The Kier molecular flexibility index (Phi) is 4.08. The Labute approximate surface area is 114 Å². The predicted octanol–water partition coefficient (Wildman–Crippen LogP) is 2.40. The van der Waals surface area contributed by atoms with Gasteiger partial charge in [0.25, 0.3) is 0 Å². The van der Waals surface area contributed by atoms with Crippen LogP contribution in [0.2, 0.25) is 0 Å². The van der Waals surface area contributed by atoms with Gasteiger partial charge in [0, 0.05) is 24.3 Å². The molecular formula is C15H22N2O2. The number of fused-ring (bicyclic) bond motifs is 1. The lowest BCUT2D eigenvalue weighted by Crippen LogP contribution is -2.35. The van der Waals surface area contributed by atoms with Crippen molar-refractivity contribution in [1.29, 1.82) is 0 Å². The predicted molar refractivity (Wildman–Crippen MR) is 76.2 cm³/mol. The summed E-state index contributed by atoms with van der Waals surface area (Å²) in [4.78, 5) is 0. The molecule has 2 aliphatic rings. The number of rotatable bonds is 4. The van der Waals surface area contributed by atoms with E-state index in [0.717, 1.165) is 23.7 Å². The molecule has 0 radical (unpaired) electrons. The van der Waals surface area contributed by atoms with Crippen molar-refractivity contribution in [3.63, 3.8) is 0 Å². The van der Waals surface area contributed by atoms with Crippen molar-refractivity contribution < 1.29 is 9.47 Å². The molecule has 1 aromatic rings. The van der Waals surface area contributed by atoms with Gasteiger partial charge in [-0.15, -0.1) is 0 Å². The van der Waals surface area contributed by atoms with Gasteiger partial charge in [-0.3, -0.25) is 0 Å². The SMILES string of the molecule is c1cc2c(cc1NCCC1CCCCN1)OCCO2. The first-order valence-electron chi connectivity index (χ1n) is 7.29. The first-order chi connectivity index (χ1) is 9.42. The van der Waals surface area contributed by atoms with Crippen molar-refractivity contribution in [3.8, 4) is 11.5 Å². The molecule has 0 aliphatic carbocycles. The number of ether oxygens (including phenoxy) is 2. The van der Waals surface area contributed by atoms with E-state index in [4.69, 9.17) is 9.47 Å². The smallest absolute Gasteiger partial charge is 0.163 e. The third-order valence-electron chi connectivity index (χ3n) is 3.78. The van der Waals surface area contributed by atoms with Crippen LogP contribution in [0, 0.1) is 0 Å². The average Bonchev–Trinajstić information content (AvgIpc) is 2.48. The minimum Gasteiger partial charge on any atom is -0.486 e. The standard InChI is InChI=1S/C15H22N2O2/c1-2-7-16-12(3-1)6-8-17-13-4-5-14-15(11-13)19-10-9-18-14/h4-5,11-12,16-17H,1-3,6-10H2. The Morgan fingerprint density at radius 3 is 2.89 bits per heavy atom. The fraction of sp³-hybridized carbons (Fsp3) is 0.600. The lowest BCUT2D eigenvalue weighted by molar-refractivity contribution is 0.171. The van der Waals surface area contributed by atoms with Gasteiger partial charge in [-0.2, -0.15) is 0 Å². The average molecular weight is 262 g/mol. The van der Waals surface area contributed by atoms with E-state index in [2.05, 4.69) is 16.7 Å². The third-order valence-corrected chi connectivity index (χ3v) is 3.78. The highest BCUT2D eigenvalue weighted by Gasteiger charge is 2.13. The topological polar surface area (TPSA) is 42.5 Å². The molecule has 4 heteroatoms. The van der Waals surface area contributed by atoms with Crippen LogP contribution in [0.5, 0.6) is 11.5 Å². The molecule has 0 spiro atoms. The van der Waals surface area contributed by atoms with Gasteiger partial charge in [0.15, 0.2) is 11.5 Å². The van der Waals surface area contributed by atoms with Gasteiger partial charge in [-0.05, 0) is 37.9 Å². The lowest BCUT2D eigenvalue weighted by atomic mass is 10.0. The molecule has 1 saturated heterocycles. The van der Waals surface area contributed by atoms with Gasteiger partial charge in [0.2, 0.25) is 0 Å². The molecule has 2 aliphatic heterocycles. The molecule has 2 N–H and O–H groups in total. The molecule has 0 aromatic heterocycles. The van der Waals surface area contributed by atoms with Crippen molar-refractivity contribution in [2.75, 3.05) is 31.6 Å². The van der Waals surface area contributed by atoms with Crippen LogP contribution in [0.4, 0.5) is 5.69 Å². The van der Waals surface area contributed by atoms with Gasteiger partial charge in [-0.1, -0.05) is 6.42 Å². The van der Waals surface area contributed by atoms with Crippen LogP contribution in [0.1, 0.15) is 25.7 Å². The van der Waals surface area contributed by atoms with E-state index >= 15 is 0 Å². The summed E-state index contributed by atoms with van der Waals surface area (Å²) < 4.78 is 11.1. The van der Waals surface area contributed by atoms with E-state index < -0.39 is 0 Å². The Hall–Kier alpha value is -1.42. The number of hydrogen-bond acceptors (Lipinski definition) is 4. The molecule has 1 atom stereocenters. The van der Waals surface area contributed by atoms with E-state index in [1.54, 1.807) is 0 Å². The summed E-state index contributed by atoms with van der Waals surface area (Å²) >= 11 is 0. The number of benzene rings is 1. The van der Waals surface area contributed by atoms with Gasteiger partial charge in [0.1, 0.15) is 13.2 Å². The second-order valence-corrected chi connectivity index (χ2v) is 5.22. The maximum atomic E-state index is 5.58. The van der Waals surface area contributed by atoms with Crippen molar-refractivity contribution >= 4 is 5.69 Å². The van der Waals surface area contributed by atoms with Crippen LogP contribution in [-0.4, -0.2) is 32.3 Å².